The van der Waals surface area contributed by atoms with E-state index in [9.17, 15) is 0 Å². The molecule has 1 aromatic heterocycles. The van der Waals surface area contributed by atoms with Crippen LogP contribution in [0.3, 0.4) is 0 Å². The second kappa shape index (κ2) is 5.26. The van der Waals surface area contributed by atoms with E-state index >= 15 is 0 Å². The second-order valence-electron chi connectivity index (χ2n) is 2.64. The molecule has 78 valence electrons. The van der Waals surface area contributed by atoms with E-state index in [0.717, 1.165) is 0 Å². The zero-order valence-corrected chi connectivity index (χ0v) is 8.78. The van der Waals surface area contributed by atoms with Crippen molar-refractivity contribution in [2.24, 2.45) is 0 Å². The topological polar surface area (TPSA) is 51.6 Å². The molecule has 0 saturated heterocycles. The second-order valence-corrected chi connectivity index (χ2v) is 2.99. The monoisotopic (exact) mass is 217 g/mol. The van der Waals surface area contributed by atoms with E-state index in [1.165, 1.54) is 20.4 Å². The highest BCUT2D eigenvalue weighted by Crippen LogP contribution is 2.27. The molecule has 0 spiro atoms. The lowest BCUT2D eigenvalue weighted by atomic mass is 10.1. The molecule has 1 N–H and O–H groups in total. The third-order valence-electron chi connectivity index (χ3n) is 1.87. The van der Waals surface area contributed by atoms with Crippen LogP contribution in [0.15, 0.2) is 12.3 Å². The molecule has 4 nitrogen and oxygen atoms in total. The number of aliphatic hydroxyl groups excluding tert-OH is 1. The van der Waals surface area contributed by atoms with Crippen LogP contribution in [0.2, 0.25) is 5.15 Å². The molecule has 0 bridgehead atoms. The van der Waals surface area contributed by atoms with Gasteiger partial charge in [-0.3, -0.25) is 0 Å². The smallest absolute Gasteiger partial charge is 0.186 e. The highest BCUT2D eigenvalue weighted by atomic mass is 35.5. The quantitative estimate of drug-likeness (QED) is 0.614. The minimum Gasteiger partial charge on any atom is -0.392 e. The molecule has 0 aromatic carbocycles. The predicted octanol–water partition coefficient (Wildman–Crippen LogP) is 1.52. The van der Waals surface area contributed by atoms with Crippen molar-refractivity contribution in [3.05, 3.63) is 28.5 Å². The van der Waals surface area contributed by atoms with Gasteiger partial charge in [0, 0.05) is 20.4 Å². The van der Waals surface area contributed by atoms with Crippen LogP contribution < -0.4 is 0 Å². The van der Waals surface area contributed by atoms with Gasteiger partial charge in [-0.15, -0.1) is 0 Å². The van der Waals surface area contributed by atoms with Crippen molar-refractivity contribution in [1.29, 1.82) is 0 Å². The number of nitrogens with zero attached hydrogens (tertiary/aromatic N) is 1. The van der Waals surface area contributed by atoms with Crippen LogP contribution in [-0.4, -0.2) is 24.3 Å². The van der Waals surface area contributed by atoms with Gasteiger partial charge in [-0.25, -0.2) is 4.98 Å². The SMILES string of the molecule is COC(OC)c1c(CO)ccnc1Cl. The Balaban J connectivity index is 3.14. The maximum Gasteiger partial charge on any atom is 0.186 e. The van der Waals surface area contributed by atoms with Gasteiger partial charge in [0.2, 0.25) is 0 Å². The maximum absolute atomic E-state index is 9.09. The average Bonchev–Trinajstić information content (AvgIpc) is 2.22. The minimum atomic E-state index is -0.599. The molecule has 5 heteroatoms. The lowest BCUT2D eigenvalue weighted by molar-refractivity contribution is -0.106. The van der Waals surface area contributed by atoms with Crippen LogP contribution in [0.5, 0.6) is 0 Å². The minimum absolute atomic E-state index is 0.124. The first kappa shape index (κ1) is 11.4. The summed E-state index contributed by atoms with van der Waals surface area (Å²) in [6, 6.07) is 1.67. The number of methoxy groups -OCH3 is 2. The van der Waals surface area contributed by atoms with Crippen LogP contribution in [0.4, 0.5) is 0 Å². The molecular weight excluding hydrogens is 206 g/mol. The molecule has 1 heterocycles. The van der Waals surface area contributed by atoms with E-state index in [0.29, 0.717) is 11.1 Å². The fourth-order valence-electron chi connectivity index (χ4n) is 1.20. The van der Waals surface area contributed by atoms with E-state index in [1.807, 2.05) is 0 Å². The average molecular weight is 218 g/mol. The summed E-state index contributed by atoms with van der Waals surface area (Å²) in [6.07, 6.45) is 0.929. The lowest BCUT2D eigenvalue weighted by Crippen LogP contribution is -2.08. The first-order valence-electron chi connectivity index (χ1n) is 4.04. The number of hydrogen-bond donors (Lipinski definition) is 1. The molecule has 0 aliphatic rings. The third kappa shape index (κ3) is 2.22. The van der Waals surface area contributed by atoms with Gasteiger partial charge in [0.25, 0.3) is 0 Å². The summed E-state index contributed by atoms with van der Waals surface area (Å²) in [5.41, 5.74) is 1.22. The summed E-state index contributed by atoms with van der Waals surface area (Å²) in [6.45, 7) is -0.124. The standard InChI is InChI=1S/C9H12ClNO3/c1-13-9(14-2)7-6(5-12)3-4-11-8(7)10/h3-4,9,12H,5H2,1-2H3. The van der Waals surface area contributed by atoms with E-state index in [-0.39, 0.29) is 11.8 Å². The normalized spacial score (nSPS) is 10.9. The van der Waals surface area contributed by atoms with Crippen molar-refractivity contribution >= 4 is 11.6 Å². The Bertz CT molecular complexity index is 302. The summed E-state index contributed by atoms with van der Waals surface area (Å²) in [4.78, 5) is 3.90. The number of pyridine rings is 1. The van der Waals surface area contributed by atoms with Gasteiger partial charge in [0.15, 0.2) is 6.29 Å². The lowest BCUT2D eigenvalue weighted by Gasteiger charge is -2.17. The zero-order valence-electron chi connectivity index (χ0n) is 8.03. The molecule has 1 rings (SSSR count). The van der Waals surface area contributed by atoms with Gasteiger partial charge >= 0.3 is 0 Å². The van der Waals surface area contributed by atoms with Gasteiger partial charge < -0.3 is 14.6 Å². The van der Waals surface area contributed by atoms with Gasteiger partial charge in [0.05, 0.1) is 12.2 Å². The Hall–Kier alpha value is -0.680. The summed E-state index contributed by atoms with van der Waals surface area (Å²) in [7, 11) is 3.00. The molecule has 0 fully saturated rings. The molecule has 0 saturated carbocycles. The molecule has 0 radical (unpaired) electrons. The Kier molecular flexibility index (Phi) is 4.28. The van der Waals surface area contributed by atoms with Gasteiger partial charge in [-0.05, 0) is 11.6 Å². The third-order valence-corrected chi connectivity index (χ3v) is 2.17. The predicted molar refractivity (Wildman–Crippen MR) is 51.9 cm³/mol. The molecule has 0 aliphatic carbocycles. The Morgan fingerprint density at radius 2 is 2.14 bits per heavy atom. The van der Waals surface area contributed by atoms with Crippen molar-refractivity contribution in [3.63, 3.8) is 0 Å². The van der Waals surface area contributed by atoms with E-state index in [1.54, 1.807) is 6.07 Å². The van der Waals surface area contributed by atoms with Crippen LogP contribution in [-0.2, 0) is 16.1 Å². The van der Waals surface area contributed by atoms with Crippen molar-refractivity contribution in [3.8, 4) is 0 Å². The van der Waals surface area contributed by atoms with Crippen LogP contribution in [0.1, 0.15) is 17.4 Å². The van der Waals surface area contributed by atoms with Gasteiger partial charge in [-0.2, -0.15) is 0 Å². The Morgan fingerprint density at radius 3 is 2.64 bits per heavy atom. The number of ether oxygens (including phenoxy) is 2. The van der Waals surface area contributed by atoms with Crippen molar-refractivity contribution in [2.45, 2.75) is 12.9 Å². The number of hydrogen-bond acceptors (Lipinski definition) is 4. The fraction of sp³-hybridized carbons (Fsp3) is 0.444. The molecule has 0 unspecified atom stereocenters. The zero-order chi connectivity index (χ0) is 10.6. The highest BCUT2D eigenvalue weighted by Gasteiger charge is 2.17. The first-order valence-corrected chi connectivity index (χ1v) is 4.42. The molecule has 0 aliphatic heterocycles. The van der Waals surface area contributed by atoms with E-state index in [2.05, 4.69) is 4.98 Å². The largest absolute Gasteiger partial charge is 0.392 e. The summed E-state index contributed by atoms with van der Waals surface area (Å²) >= 11 is 5.88. The number of aliphatic hydroxyl groups is 1. The van der Waals surface area contributed by atoms with Crippen molar-refractivity contribution in [2.75, 3.05) is 14.2 Å². The molecular formula is C9H12ClNO3. The highest BCUT2D eigenvalue weighted by molar-refractivity contribution is 6.30. The van der Waals surface area contributed by atoms with Crippen molar-refractivity contribution in [1.82, 2.24) is 4.98 Å². The van der Waals surface area contributed by atoms with Gasteiger partial charge in [0.1, 0.15) is 5.15 Å². The number of halogens is 1. The Morgan fingerprint density at radius 1 is 1.50 bits per heavy atom. The Labute approximate surface area is 87.4 Å². The number of rotatable bonds is 4. The summed E-state index contributed by atoms with van der Waals surface area (Å²) < 4.78 is 10.1. The molecule has 1 aromatic rings. The molecule has 0 atom stereocenters. The van der Waals surface area contributed by atoms with Crippen LogP contribution >= 0.6 is 11.6 Å². The summed E-state index contributed by atoms with van der Waals surface area (Å²) in [5, 5.41) is 9.37. The first-order chi connectivity index (χ1) is 6.74. The van der Waals surface area contributed by atoms with E-state index in [4.69, 9.17) is 26.2 Å². The van der Waals surface area contributed by atoms with E-state index < -0.39 is 6.29 Å². The van der Waals surface area contributed by atoms with Crippen LogP contribution in [0, 0.1) is 0 Å². The van der Waals surface area contributed by atoms with Crippen molar-refractivity contribution < 1.29 is 14.6 Å². The van der Waals surface area contributed by atoms with Crippen LogP contribution in [0.25, 0.3) is 0 Å². The molecule has 14 heavy (non-hydrogen) atoms. The fourth-order valence-corrected chi connectivity index (χ4v) is 1.47. The molecule has 0 amide bonds. The number of aromatic nitrogens is 1. The maximum atomic E-state index is 9.09. The van der Waals surface area contributed by atoms with Gasteiger partial charge in [-0.1, -0.05) is 11.6 Å². The summed E-state index contributed by atoms with van der Waals surface area (Å²) in [5.74, 6) is 0.